The van der Waals surface area contributed by atoms with E-state index in [0.717, 1.165) is 9.65 Å². The van der Waals surface area contributed by atoms with Crippen LogP contribution in [0.1, 0.15) is 0 Å². The molecular weight excluding hydrogens is 274 g/mol. The summed E-state index contributed by atoms with van der Waals surface area (Å²) in [5.41, 5.74) is 1.34. The van der Waals surface area contributed by atoms with Crippen LogP contribution in [0.4, 0.5) is 0 Å². The molecule has 0 radical (unpaired) electrons. The molecule has 2 aromatic carbocycles. The first-order valence-electron chi connectivity index (χ1n) is 5.96. The van der Waals surface area contributed by atoms with Crippen molar-refractivity contribution in [2.45, 2.75) is 4.90 Å². The minimum atomic E-state index is -3.68. The Balaban J connectivity index is 2.03. The van der Waals surface area contributed by atoms with Gasteiger partial charge in [-0.15, -0.1) is 9.19 Å². The largest absolute Gasteiger partial charge is 0.284 e. The van der Waals surface area contributed by atoms with Crippen molar-refractivity contribution in [1.29, 1.82) is 0 Å². The Kier molecular flexibility index (Phi) is 3.08. The fourth-order valence-corrected chi connectivity index (χ4v) is 2.90. The molecule has 5 nitrogen and oxygen atoms in total. The lowest BCUT2D eigenvalue weighted by molar-refractivity contribution is 0.577. The van der Waals surface area contributed by atoms with Gasteiger partial charge in [0.15, 0.2) is 0 Å². The molecule has 0 amide bonds. The van der Waals surface area contributed by atoms with Crippen molar-refractivity contribution in [3.05, 3.63) is 66.9 Å². The third-order valence-electron chi connectivity index (χ3n) is 2.83. The average molecular weight is 285 g/mol. The van der Waals surface area contributed by atoms with Crippen LogP contribution in [-0.2, 0) is 10.0 Å². The lowest BCUT2D eigenvalue weighted by atomic mass is 10.2. The Morgan fingerprint density at radius 1 is 0.850 bits per heavy atom. The standard InChI is InChI=1S/C14H11N3O2S/c18-20(19,13-9-5-2-6-10-13)17-11-14(15-16-17)12-7-3-1-4-8-12/h1-11H. The molecule has 0 aliphatic carbocycles. The van der Waals surface area contributed by atoms with Crippen LogP contribution in [0.15, 0.2) is 71.8 Å². The van der Waals surface area contributed by atoms with Crippen LogP contribution < -0.4 is 0 Å². The zero-order valence-electron chi connectivity index (χ0n) is 10.4. The minimum Gasteiger partial charge on any atom is -0.199 e. The molecule has 0 aliphatic heterocycles. The van der Waals surface area contributed by atoms with E-state index in [-0.39, 0.29) is 4.90 Å². The molecule has 20 heavy (non-hydrogen) atoms. The highest BCUT2D eigenvalue weighted by Gasteiger charge is 2.18. The topological polar surface area (TPSA) is 64.8 Å². The second-order valence-corrected chi connectivity index (χ2v) is 5.96. The van der Waals surface area contributed by atoms with Gasteiger partial charge in [0.25, 0.3) is 10.0 Å². The van der Waals surface area contributed by atoms with E-state index in [1.54, 1.807) is 18.2 Å². The van der Waals surface area contributed by atoms with Crippen molar-refractivity contribution in [3.63, 3.8) is 0 Å². The Bertz CT molecular complexity index is 812. The molecule has 0 fully saturated rings. The van der Waals surface area contributed by atoms with E-state index in [1.165, 1.54) is 18.3 Å². The van der Waals surface area contributed by atoms with E-state index in [0.29, 0.717) is 5.69 Å². The lowest BCUT2D eigenvalue weighted by Crippen LogP contribution is -2.13. The molecule has 6 heteroatoms. The third kappa shape index (κ3) is 2.21. The second-order valence-electron chi connectivity index (χ2n) is 4.16. The van der Waals surface area contributed by atoms with E-state index in [9.17, 15) is 8.42 Å². The first-order valence-corrected chi connectivity index (χ1v) is 7.40. The van der Waals surface area contributed by atoms with E-state index >= 15 is 0 Å². The van der Waals surface area contributed by atoms with Gasteiger partial charge < -0.3 is 0 Å². The Hall–Kier alpha value is -2.47. The number of aromatic nitrogens is 3. The first-order chi connectivity index (χ1) is 9.68. The molecule has 3 rings (SSSR count). The summed E-state index contributed by atoms with van der Waals surface area (Å²) in [5.74, 6) is 0. The van der Waals surface area contributed by atoms with Crippen LogP contribution in [0.25, 0.3) is 11.3 Å². The summed E-state index contributed by atoms with van der Waals surface area (Å²) in [5, 5.41) is 7.63. The number of hydrogen-bond acceptors (Lipinski definition) is 4. The van der Waals surface area contributed by atoms with Gasteiger partial charge in [0.2, 0.25) is 0 Å². The molecule has 100 valence electrons. The maximum absolute atomic E-state index is 12.3. The van der Waals surface area contributed by atoms with Crippen LogP contribution in [0.5, 0.6) is 0 Å². The number of rotatable bonds is 3. The molecule has 0 saturated carbocycles. The molecule has 0 unspecified atom stereocenters. The summed E-state index contributed by atoms with van der Waals surface area (Å²) in [4.78, 5) is 0.185. The molecule has 1 heterocycles. The van der Waals surface area contributed by atoms with E-state index in [1.807, 2.05) is 30.3 Å². The van der Waals surface area contributed by atoms with Crippen molar-refractivity contribution in [3.8, 4) is 11.3 Å². The second kappa shape index (κ2) is 4.90. The molecule has 0 saturated heterocycles. The van der Waals surface area contributed by atoms with Crippen molar-refractivity contribution >= 4 is 10.0 Å². The summed E-state index contributed by atoms with van der Waals surface area (Å²) >= 11 is 0. The zero-order chi connectivity index (χ0) is 14.0. The summed E-state index contributed by atoms with van der Waals surface area (Å²) < 4.78 is 25.6. The van der Waals surface area contributed by atoms with Gasteiger partial charge in [-0.25, -0.2) is 0 Å². The number of nitrogens with zero attached hydrogens (tertiary/aromatic N) is 3. The normalized spacial score (nSPS) is 11.4. The van der Waals surface area contributed by atoms with E-state index < -0.39 is 10.0 Å². The molecule has 1 aromatic heterocycles. The van der Waals surface area contributed by atoms with Crippen LogP contribution in [0.3, 0.4) is 0 Å². The monoisotopic (exact) mass is 285 g/mol. The van der Waals surface area contributed by atoms with E-state index in [4.69, 9.17) is 0 Å². The average Bonchev–Trinajstić information content (AvgIpc) is 3.00. The number of benzene rings is 2. The van der Waals surface area contributed by atoms with Gasteiger partial charge in [-0.3, -0.25) is 0 Å². The molecule has 0 bridgehead atoms. The van der Waals surface area contributed by atoms with Gasteiger partial charge in [0.1, 0.15) is 5.69 Å². The highest BCUT2D eigenvalue weighted by molar-refractivity contribution is 7.89. The molecule has 0 spiro atoms. The van der Waals surface area contributed by atoms with E-state index in [2.05, 4.69) is 10.3 Å². The maximum atomic E-state index is 12.3. The highest BCUT2D eigenvalue weighted by atomic mass is 32.2. The Morgan fingerprint density at radius 3 is 2.10 bits per heavy atom. The van der Waals surface area contributed by atoms with Gasteiger partial charge in [0.05, 0.1) is 11.1 Å². The van der Waals surface area contributed by atoms with Crippen LogP contribution in [0, 0.1) is 0 Å². The smallest absolute Gasteiger partial charge is 0.199 e. The predicted octanol–water partition coefficient (Wildman–Crippen LogP) is 2.18. The molecule has 0 N–H and O–H groups in total. The molecular formula is C14H11N3O2S. The van der Waals surface area contributed by atoms with Crippen molar-refractivity contribution < 1.29 is 8.42 Å². The van der Waals surface area contributed by atoms with Crippen LogP contribution >= 0.6 is 0 Å². The molecule has 3 aromatic rings. The van der Waals surface area contributed by atoms with Crippen molar-refractivity contribution in [2.75, 3.05) is 0 Å². The van der Waals surface area contributed by atoms with Gasteiger partial charge >= 0.3 is 0 Å². The van der Waals surface area contributed by atoms with Crippen LogP contribution in [-0.4, -0.2) is 22.8 Å². The van der Waals surface area contributed by atoms with Crippen molar-refractivity contribution in [2.24, 2.45) is 0 Å². The summed E-state index contributed by atoms with van der Waals surface area (Å²) in [6.45, 7) is 0. The summed E-state index contributed by atoms with van der Waals surface area (Å²) in [7, 11) is -3.68. The maximum Gasteiger partial charge on any atom is 0.284 e. The van der Waals surface area contributed by atoms with Crippen LogP contribution in [0.2, 0.25) is 0 Å². The molecule has 0 aliphatic rings. The fourth-order valence-electron chi connectivity index (χ4n) is 1.81. The SMILES string of the molecule is O=S(=O)(c1ccccc1)n1cc(-c2ccccc2)nn1. The van der Waals surface area contributed by atoms with Gasteiger partial charge in [-0.05, 0) is 12.1 Å². The van der Waals surface area contributed by atoms with Gasteiger partial charge in [0, 0.05) is 5.56 Å². The lowest BCUT2D eigenvalue weighted by Gasteiger charge is -2.02. The predicted molar refractivity (Wildman–Crippen MR) is 74.5 cm³/mol. The third-order valence-corrected chi connectivity index (χ3v) is 4.37. The minimum absolute atomic E-state index is 0.185. The van der Waals surface area contributed by atoms with Crippen molar-refractivity contribution in [1.82, 2.24) is 14.4 Å². The van der Waals surface area contributed by atoms with Gasteiger partial charge in [-0.1, -0.05) is 53.7 Å². The highest BCUT2D eigenvalue weighted by Crippen LogP contribution is 2.18. The number of hydrogen-bond donors (Lipinski definition) is 0. The quantitative estimate of drug-likeness (QED) is 0.740. The molecule has 0 atom stereocenters. The van der Waals surface area contributed by atoms with Gasteiger partial charge in [-0.2, -0.15) is 8.42 Å². The summed E-state index contributed by atoms with van der Waals surface area (Å²) in [6.07, 6.45) is 1.41. The zero-order valence-corrected chi connectivity index (χ0v) is 11.2. The summed E-state index contributed by atoms with van der Waals surface area (Å²) in [6, 6.07) is 17.5. The Labute approximate surface area is 116 Å². The Morgan fingerprint density at radius 2 is 1.45 bits per heavy atom. The fraction of sp³-hybridized carbons (Fsp3) is 0. The first kappa shape index (κ1) is 12.6.